The van der Waals surface area contributed by atoms with Gasteiger partial charge in [-0.15, -0.1) is 0 Å². The van der Waals surface area contributed by atoms with Crippen molar-refractivity contribution in [2.45, 2.75) is 19.4 Å². The highest BCUT2D eigenvalue weighted by atomic mass is 16.5. The van der Waals surface area contributed by atoms with E-state index >= 15 is 0 Å². The molecule has 0 radical (unpaired) electrons. The minimum atomic E-state index is -0.605. The molecule has 0 bridgehead atoms. The molecule has 122 valence electrons. The van der Waals surface area contributed by atoms with Gasteiger partial charge in [-0.25, -0.2) is 0 Å². The number of hydrogen-bond acceptors (Lipinski definition) is 4. The van der Waals surface area contributed by atoms with Crippen LogP contribution in [0.3, 0.4) is 0 Å². The number of carbonyl (C=O) groups excluding carboxylic acids is 1. The van der Waals surface area contributed by atoms with E-state index in [1.807, 2.05) is 31.2 Å². The third-order valence-corrected chi connectivity index (χ3v) is 3.35. The van der Waals surface area contributed by atoms with Gasteiger partial charge >= 0.3 is 0 Å². The molecule has 1 N–H and O–H groups in total. The van der Waals surface area contributed by atoms with Gasteiger partial charge in [0, 0.05) is 6.07 Å². The second-order valence-electron chi connectivity index (χ2n) is 4.88. The van der Waals surface area contributed by atoms with Gasteiger partial charge in [-0.3, -0.25) is 4.79 Å². The number of hydrogen-bond donors (Lipinski definition) is 1. The topological polar surface area (TPSA) is 56.8 Å². The number of benzene rings is 2. The molecule has 2 aromatic rings. The van der Waals surface area contributed by atoms with Gasteiger partial charge in [0.05, 0.1) is 19.9 Å². The van der Waals surface area contributed by atoms with E-state index in [2.05, 4.69) is 5.32 Å². The quantitative estimate of drug-likeness (QED) is 0.849. The van der Waals surface area contributed by atoms with Crippen molar-refractivity contribution in [3.05, 3.63) is 48.5 Å². The average Bonchev–Trinajstić information content (AvgIpc) is 2.60. The molecule has 0 aliphatic heterocycles. The molecular weight excluding hydrogens is 294 g/mol. The molecule has 5 heteroatoms. The van der Waals surface area contributed by atoms with Crippen molar-refractivity contribution in [2.75, 3.05) is 19.5 Å². The van der Waals surface area contributed by atoms with Gasteiger partial charge in [-0.05, 0) is 30.7 Å². The Morgan fingerprint density at radius 2 is 1.78 bits per heavy atom. The molecule has 2 rings (SSSR count). The summed E-state index contributed by atoms with van der Waals surface area (Å²) in [7, 11) is 3.15. The second-order valence-corrected chi connectivity index (χ2v) is 4.88. The highest BCUT2D eigenvalue weighted by Gasteiger charge is 2.20. The van der Waals surface area contributed by atoms with Crippen LogP contribution in [0.4, 0.5) is 5.69 Å². The molecular formula is C18H21NO4. The number of nitrogens with one attached hydrogen (secondary N) is 1. The molecule has 0 heterocycles. The number of anilines is 1. The summed E-state index contributed by atoms with van der Waals surface area (Å²) in [5.74, 6) is 1.66. The molecule has 0 unspecified atom stereocenters. The number of rotatable bonds is 7. The molecule has 0 aliphatic carbocycles. The van der Waals surface area contributed by atoms with Gasteiger partial charge in [0.1, 0.15) is 17.2 Å². The molecule has 0 fully saturated rings. The van der Waals surface area contributed by atoms with Crippen LogP contribution in [0.25, 0.3) is 0 Å². The summed E-state index contributed by atoms with van der Waals surface area (Å²) >= 11 is 0. The van der Waals surface area contributed by atoms with Crippen LogP contribution in [0.2, 0.25) is 0 Å². The van der Waals surface area contributed by atoms with E-state index in [4.69, 9.17) is 14.2 Å². The summed E-state index contributed by atoms with van der Waals surface area (Å²) in [5.41, 5.74) is 0.618. The van der Waals surface area contributed by atoms with E-state index in [0.717, 1.165) is 0 Å². The number of ether oxygens (including phenoxy) is 3. The molecule has 0 saturated heterocycles. The highest BCUT2D eigenvalue weighted by molar-refractivity contribution is 5.95. The zero-order valence-electron chi connectivity index (χ0n) is 13.5. The van der Waals surface area contributed by atoms with Crippen molar-refractivity contribution < 1.29 is 19.0 Å². The first-order valence-corrected chi connectivity index (χ1v) is 7.42. The Labute approximate surface area is 136 Å². The monoisotopic (exact) mass is 315 g/mol. The number of methoxy groups -OCH3 is 2. The summed E-state index contributed by atoms with van der Waals surface area (Å²) in [6.07, 6.45) is -0.0647. The van der Waals surface area contributed by atoms with Gasteiger partial charge in [0.15, 0.2) is 6.10 Å². The van der Waals surface area contributed by atoms with Crippen molar-refractivity contribution in [2.24, 2.45) is 0 Å². The van der Waals surface area contributed by atoms with Gasteiger partial charge in [-0.1, -0.05) is 25.1 Å². The third-order valence-electron chi connectivity index (χ3n) is 3.35. The molecule has 0 aromatic heterocycles. The minimum absolute atomic E-state index is 0.222. The van der Waals surface area contributed by atoms with Gasteiger partial charge in [-0.2, -0.15) is 0 Å². The van der Waals surface area contributed by atoms with E-state index < -0.39 is 6.10 Å². The lowest BCUT2D eigenvalue weighted by Crippen LogP contribution is -2.32. The van der Waals surface area contributed by atoms with E-state index in [0.29, 0.717) is 29.4 Å². The van der Waals surface area contributed by atoms with Gasteiger partial charge in [0.25, 0.3) is 5.91 Å². The van der Waals surface area contributed by atoms with Crippen LogP contribution < -0.4 is 19.5 Å². The average molecular weight is 315 g/mol. The number of para-hydroxylation sites is 2. The van der Waals surface area contributed by atoms with E-state index in [-0.39, 0.29) is 5.91 Å². The Balaban J connectivity index is 2.09. The Kier molecular flexibility index (Phi) is 5.86. The maximum Gasteiger partial charge on any atom is 0.265 e. The predicted octanol–water partition coefficient (Wildman–Crippen LogP) is 3.50. The fourth-order valence-corrected chi connectivity index (χ4v) is 2.12. The van der Waals surface area contributed by atoms with Crippen molar-refractivity contribution in [3.63, 3.8) is 0 Å². The predicted molar refractivity (Wildman–Crippen MR) is 89.3 cm³/mol. The van der Waals surface area contributed by atoms with Gasteiger partial charge < -0.3 is 19.5 Å². The summed E-state index contributed by atoms with van der Waals surface area (Å²) in [6, 6.07) is 14.4. The molecule has 0 saturated carbocycles. The van der Waals surface area contributed by atoms with Gasteiger partial charge in [0.2, 0.25) is 0 Å². The van der Waals surface area contributed by atoms with E-state index in [1.54, 1.807) is 38.5 Å². The Hall–Kier alpha value is -2.69. The summed E-state index contributed by atoms with van der Waals surface area (Å²) in [5, 5.41) is 2.84. The van der Waals surface area contributed by atoms with Crippen LogP contribution in [-0.2, 0) is 4.79 Å². The first-order chi connectivity index (χ1) is 11.2. The summed E-state index contributed by atoms with van der Waals surface area (Å²) in [6.45, 7) is 1.90. The van der Waals surface area contributed by atoms with Crippen molar-refractivity contribution >= 4 is 11.6 Å². The summed E-state index contributed by atoms with van der Waals surface area (Å²) in [4.78, 5) is 12.4. The number of amides is 1. The molecule has 0 aliphatic rings. The standard InChI is InChI=1S/C18H21NO4/c1-4-16(23-14-9-7-8-13(12-14)21-2)18(20)19-15-10-5-6-11-17(15)22-3/h5-12,16H,4H2,1-3H3,(H,19,20)/t16-/m1/s1. The fraction of sp³-hybridized carbons (Fsp3) is 0.278. The van der Waals surface area contributed by atoms with Crippen molar-refractivity contribution in [1.82, 2.24) is 0 Å². The maximum atomic E-state index is 12.4. The SMILES string of the molecule is CC[C@@H](Oc1cccc(OC)c1)C(=O)Nc1ccccc1OC. The fourth-order valence-electron chi connectivity index (χ4n) is 2.12. The lowest BCUT2D eigenvalue weighted by molar-refractivity contribution is -0.122. The van der Waals surface area contributed by atoms with E-state index in [1.165, 1.54) is 0 Å². The largest absolute Gasteiger partial charge is 0.497 e. The summed E-state index contributed by atoms with van der Waals surface area (Å²) < 4.78 is 16.2. The first kappa shape index (κ1) is 16.7. The van der Waals surface area contributed by atoms with Crippen LogP contribution in [-0.4, -0.2) is 26.2 Å². The lowest BCUT2D eigenvalue weighted by atomic mass is 10.2. The van der Waals surface area contributed by atoms with Crippen LogP contribution in [0, 0.1) is 0 Å². The molecule has 5 nitrogen and oxygen atoms in total. The van der Waals surface area contributed by atoms with Crippen LogP contribution in [0.1, 0.15) is 13.3 Å². The van der Waals surface area contributed by atoms with Crippen LogP contribution in [0.5, 0.6) is 17.2 Å². The Morgan fingerprint density at radius 1 is 1.04 bits per heavy atom. The third kappa shape index (κ3) is 4.39. The molecule has 1 amide bonds. The lowest BCUT2D eigenvalue weighted by Gasteiger charge is -2.18. The zero-order chi connectivity index (χ0) is 16.7. The first-order valence-electron chi connectivity index (χ1n) is 7.42. The van der Waals surface area contributed by atoms with E-state index in [9.17, 15) is 4.79 Å². The minimum Gasteiger partial charge on any atom is -0.497 e. The highest BCUT2D eigenvalue weighted by Crippen LogP contribution is 2.24. The normalized spacial score (nSPS) is 11.4. The molecule has 23 heavy (non-hydrogen) atoms. The van der Waals surface area contributed by atoms with Crippen LogP contribution in [0.15, 0.2) is 48.5 Å². The Morgan fingerprint density at radius 3 is 2.48 bits per heavy atom. The molecule has 2 aromatic carbocycles. The van der Waals surface area contributed by atoms with Crippen molar-refractivity contribution in [1.29, 1.82) is 0 Å². The van der Waals surface area contributed by atoms with Crippen molar-refractivity contribution in [3.8, 4) is 17.2 Å². The maximum absolute atomic E-state index is 12.4. The van der Waals surface area contributed by atoms with Crippen LogP contribution >= 0.6 is 0 Å². The molecule has 0 spiro atoms. The molecule has 1 atom stereocenters. The number of carbonyl (C=O) groups is 1. The zero-order valence-corrected chi connectivity index (χ0v) is 13.5. The Bertz CT molecular complexity index is 657. The second kappa shape index (κ2) is 8.08. The smallest absolute Gasteiger partial charge is 0.265 e.